The Kier molecular flexibility index (Phi) is 5.14. The summed E-state index contributed by atoms with van der Waals surface area (Å²) in [5, 5.41) is 9.62. The van der Waals surface area contributed by atoms with Gasteiger partial charge in [0.25, 0.3) is 0 Å². The van der Waals surface area contributed by atoms with E-state index in [9.17, 15) is 14.3 Å². The molecule has 0 aromatic heterocycles. The first kappa shape index (κ1) is 15.7. The number of benzene rings is 1. The van der Waals surface area contributed by atoms with Crippen LogP contribution in [0.5, 0.6) is 5.75 Å². The molecule has 0 bridgehead atoms. The highest BCUT2D eigenvalue weighted by Gasteiger charge is 2.31. The van der Waals surface area contributed by atoms with Crippen LogP contribution in [-0.2, 0) is 4.79 Å². The lowest BCUT2D eigenvalue weighted by molar-refractivity contribution is -0.143. The molecule has 116 valence electrons. The number of nitrogens with zero attached hydrogens (tertiary/aromatic N) is 2. The second-order valence-electron chi connectivity index (χ2n) is 5.32. The van der Waals surface area contributed by atoms with E-state index in [0.29, 0.717) is 18.7 Å². The molecule has 0 saturated carbocycles. The molecule has 2 rings (SSSR count). The van der Waals surface area contributed by atoms with Crippen molar-refractivity contribution in [3.05, 3.63) is 29.6 Å². The fraction of sp³-hybridized carbons (Fsp3) is 0.533. The van der Waals surface area contributed by atoms with Crippen molar-refractivity contribution in [1.29, 1.82) is 0 Å². The zero-order valence-electron chi connectivity index (χ0n) is 12.4. The fourth-order valence-electron chi connectivity index (χ4n) is 2.72. The quantitative estimate of drug-likeness (QED) is 0.914. The first-order valence-electron chi connectivity index (χ1n) is 7.01. The third-order valence-electron chi connectivity index (χ3n) is 3.84. The van der Waals surface area contributed by atoms with Gasteiger partial charge in [-0.3, -0.25) is 9.69 Å². The summed E-state index contributed by atoms with van der Waals surface area (Å²) in [4.78, 5) is 15.8. The molecule has 1 aliphatic heterocycles. The molecule has 21 heavy (non-hydrogen) atoms. The SMILES string of the molecule is COc1cc(F)ccc1[C@H](C(=O)O)N1CCCN(C)CC1. The van der Waals surface area contributed by atoms with Crippen molar-refractivity contribution < 1.29 is 19.0 Å². The van der Waals surface area contributed by atoms with Crippen LogP contribution in [0.1, 0.15) is 18.0 Å². The Balaban J connectivity index is 2.32. The van der Waals surface area contributed by atoms with Crippen LogP contribution < -0.4 is 4.74 Å². The molecule has 0 amide bonds. The predicted molar refractivity (Wildman–Crippen MR) is 77.0 cm³/mol. The summed E-state index contributed by atoms with van der Waals surface area (Å²) in [7, 11) is 3.45. The van der Waals surface area contributed by atoms with E-state index in [1.54, 1.807) is 0 Å². The van der Waals surface area contributed by atoms with Gasteiger partial charge < -0.3 is 14.7 Å². The standard InChI is InChI=1S/C15H21FN2O3/c1-17-6-3-7-18(9-8-17)14(15(19)20)12-5-4-11(16)10-13(12)21-2/h4-5,10,14H,3,6-9H2,1-2H3,(H,19,20)/t14-/m1/s1. The highest BCUT2D eigenvalue weighted by atomic mass is 19.1. The molecule has 1 N–H and O–H groups in total. The van der Waals surface area contributed by atoms with Crippen molar-refractivity contribution >= 4 is 5.97 Å². The van der Waals surface area contributed by atoms with E-state index in [0.717, 1.165) is 19.5 Å². The molecule has 0 aliphatic carbocycles. The highest BCUT2D eigenvalue weighted by molar-refractivity contribution is 5.76. The predicted octanol–water partition coefficient (Wildman–Crippen LogP) is 1.60. The maximum Gasteiger partial charge on any atom is 0.325 e. The summed E-state index contributed by atoms with van der Waals surface area (Å²) >= 11 is 0. The molecule has 1 fully saturated rings. The van der Waals surface area contributed by atoms with Crippen LogP contribution in [0.25, 0.3) is 0 Å². The van der Waals surface area contributed by atoms with Gasteiger partial charge in [-0.2, -0.15) is 0 Å². The summed E-state index contributed by atoms with van der Waals surface area (Å²) in [5.41, 5.74) is 0.496. The number of ether oxygens (including phenoxy) is 1. The van der Waals surface area contributed by atoms with Gasteiger partial charge >= 0.3 is 5.97 Å². The normalized spacial score (nSPS) is 19.0. The van der Waals surface area contributed by atoms with E-state index in [2.05, 4.69) is 4.90 Å². The monoisotopic (exact) mass is 296 g/mol. The molecule has 6 heteroatoms. The molecule has 1 aromatic carbocycles. The van der Waals surface area contributed by atoms with Crippen molar-refractivity contribution in [3.8, 4) is 5.75 Å². The number of rotatable bonds is 4. The number of likely N-dealkylation sites (N-methyl/N-ethyl adjacent to an activating group) is 1. The largest absolute Gasteiger partial charge is 0.496 e. The number of methoxy groups -OCH3 is 1. The average molecular weight is 296 g/mol. The summed E-state index contributed by atoms with van der Waals surface area (Å²) in [6.45, 7) is 3.12. The third-order valence-corrected chi connectivity index (χ3v) is 3.84. The van der Waals surface area contributed by atoms with E-state index in [1.165, 1.54) is 25.3 Å². The second-order valence-corrected chi connectivity index (χ2v) is 5.32. The Bertz CT molecular complexity index is 510. The third kappa shape index (κ3) is 3.71. The average Bonchev–Trinajstić information content (AvgIpc) is 2.65. The van der Waals surface area contributed by atoms with Crippen LogP contribution in [0, 0.1) is 5.82 Å². The van der Waals surface area contributed by atoms with Crippen LogP contribution >= 0.6 is 0 Å². The van der Waals surface area contributed by atoms with Gasteiger partial charge in [0.15, 0.2) is 0 Å². The van der Waals surface area contributed by atoms with E-state index in [4.69, 9.17) is 4.74 Å². The number of hydrogen-bond donors (Lipinski definition) is 1. The Labute approximate surface area is 123 Å². The Morgan fingerprint density at radius 2 is 2.10 bits per heavy atom. The lowest BCUT2D eigenvalue weighted by Crippen LogP contribution is -2.37. The minimum absolute atomic E-state index is 0.278. The molecule has 1 atom stereocenters. The highest BCUT2D eigenvalue weighted by Crippen LogP contribution is 2.31. The molecule has 1 aliphatic rings. The minimum atomic E-state index is -0.940. The molecule has 1 heterocycles. The molecule has 0 spiro atoms. The molecular weight excluding hydrogens is 275 g/mol. The summed E-state index contributed by atoms with van der Waals surface area (Å²) in [6.07, 6.45) is 0.907. The number of halogens is 1. The van der Waals surface area contributed by atoms with Crippen LogP contribution in [0.2, 0.25) is 0 Å². The van der Waals surface area contributed by atoms with Gasteiger partial charge in [-0.25, -0.2) is 4.39 Å². The van der Waals surface area contributed by atoms with Gasteiger partial charge in [0.2, 0.25) is 0 Å². The Morgan fingerprint density at radius 3 is 2.76 bits per heavy atom. The van der Waals surface area contributed by atoms with Crippen molar-refractivity contribution in [1.82, 2.24) is 9.80 Å². The second kappa shape index (κ2) is 6.87. The zero-order valence-corrected chi connectivity index (χ0v) is 12.4. The lowest BCUT2D eigenvalue weighted by Gasteiger charge is -2.28. The molecular formula is C15H21FN2O3. The van der Waals surface area contributed by atoms with Crippen molar-refractivity contribution in [2.75, 3.05) is 40.3 Å². The molecule has 0 radical (unpaired) electrons. The van der Waals surface area contributed by atoms with Crippen molar-refractivity contribution in [2.24, 2.45) is 0 Å². The number of carboxylic acids is 1. The number of carbonyl (C=O) groups is 1. The van der Waals surface area contributed by atoms with Crippen molar-refractivity contribution in [2.45, 2.75) is 12.5 Å². The summed E-state index contributed by atoms with van der Waals surface area (Å²) < 4.78 is 18.5. The summed E-state index contributed by atoms with van der Waals surface area (Å²) in [6, 6.07) is 3.20. The van der Waals surface area contributed by atoms with Crippen LogP contribution in [0.4, 0.5) is 4.39 Å². The van der Waals surface area contributed by atoms with Crippen LogP contribution in [0.3, 0.4) is 0 Å². The molecule has 1 aromatic rings. The Hall–Kier alpha value is -1.66. The van der Waals surface area contributed by atoms with Crippen LogP contribution in [0.15, 0.2) is 18.2 Å². The first-order chi connectivity index (χ1) is 10.0. The number of hydrogen-bond acceptors (Lipinski definition) is 4. The van der Waals surface area contributed by atoms with Crippen molar-refractivity contribution in [3.63, 3.8) is 0 Å². The van der Waals surface area contributed by atoms with E-state index in [1.807, 2.05) is 11.9 Å². The van der Waals surface area contributed by atoms with Crippen LogP contribution in [-0.4, -0.2) is 61.2 Å². The Morgan fingerprint density at radius 1 is 1.33 bits per heavy atom. The van der Waals surface area contributed by atoms with E-state index < -0.39 is 17.8 Å². The van der Waals surface area contributed by atoms with E-state index in [-0.39, 0.29) is 5.75 Å². The van der Waals surface area contributed by atoms with Gasteiger partial charge in [0.1, 0.15) is 17.6 Å². The number of aliphatic carboxylic acids is 1. The van der Waals surface area contributed by atoms with Gasteiger partial charge in [0, 0.05) is 31.3 Å². The maximum absolute atomic E-state index is 13.3. The van der Waals surface area contributed by atoms with Gasteiger partial charge in [0.05, 0.1) is 7.11 Å². The van der Waals surface area contributed by atoms with Gasteiger partial charge in [-0.05, 0) is 26.1 Å². The van der Waals surface area contributed by atoms with Gasteiger partial charge in [-0.1, -0.05) is 6.07 Å². The first-order valence-corrected chi connectivity index (χ1v) is 7.01. The molecule has 5 nitrogen and oxygen atoms in total. The fourth-order valence-corrected chi connectivity index (χ4v) is 2.72. The molecule has 0 unspecified atom stereocenters. The van der Waals surface area contributed by atoms with Gasteiger partial charge in [-0.15, -0.1) is 0 Å². The smallest absolute Gasteiger partial charge is 0.325 e. The topological polar surface area (TPSA) is 53.0 Å². The minimum Gasteiger partial charge on any atom is -0.496 e. The number of carboxylic acid groups (broad SMARTS) is 1. The van der Waals surface area contributed by atoms with E-state index >= 15 is 0 Å². The molecule has 1 saturated heterocycles. The maximum atomic E-state index is 13.3. The zero-order chi connectivity index (χ0) is 15.4. The summed E-state index contributed by atoms with van der Waals surface area (Å²) in [5.74, 6) is -1.10. The lowest BCUT2D eigenvalue weighted by atomic mass is 10.0.